The monoisotopic (exact) mass is 246 g/mol. The molecule has 1 aliphatic carbocycles. The van der Waals surface area contributed by atoms with Crippen LogP contribution in [0.4, 0.5) is 5.69 Å². The molecule has 0 aromatic heterocycles. The summed E-state index contributed by atoms with van der Waals surface area (Å²) in [5.41, 5.74) is 9.15. The van der Waals surface area contributed by atoms with Gasteiger partial charge < -0.3 is 10.6 Å². The summed E-state index contributed by atoms with van der Waals surface area (Å²) in [6.07, 6.45) is 3.74. The maximum atomic E-state index is 6.18. The molecule has 0 bridgehead atoms. The molecule has 2 nitrogen and oxygen atoms in total. The molecule has 100 valence electrons. The van der Waals surface area contributed by atoms with Gasteiger partial charge in [0.2, 0.25) is 0 Å². The van der Waals surface area contributed by atoms with Crippen molar-refractivity contribution in [1.82, 2.24) is 0 Å². The van der Waals surface area contributed by atoms with Gasteiger partial charge in [0.05, 0.1) is 5.54 Å². The van der Waals surface area contributed by atoms with Crippen LogP contribution in [0.25, 0.3) is 0 Å². The first-order chi connectivity index (χ1) is 8.43. The standard InChI is InChI=1S/C16H26N2/c1-13-7-5-8-14(11-13)18(4)16(12-17)10-6-9-15(16,2)3/h5,7-8,11H,6,9-10,12,17H2,1-4H3. The van der Waals surface area contributed by atoms with Crippen LogP contribution in [0.5, 0.6) is 0 Å². The smallest absolute Gasteiger partial charge is 0.0571 e. The normalized spacial score (nSPS) is 26.3. The maximum Gasteiger partial charge on any atom is 0.0571 e. The van der Waals surface area contributed by atoms with Crippen LogP contribution in [-0.2, 0) is 0 Å². The highest BCUT2D eigenvalue weighted by Gasteiger charge is 2.50. The Morgan fingerprint density at radius 2 is 2.00 bits per heavy atom. The minimum atomic E-state index is 0.0980. The van der Waals surface area contributed by atoms with E-state index in [4.69, 9.17) is 5.73 Å². The highest BCUT2D eigenvalue weighted by Crippen LogP contribution is 2.49. The number of hydrogen-bond acceptors (Lipinski definition) is 2. The molecule has 0 heterocycles. The van der Waals surface area contributed by atoms with Crippen LogP contribution in [0.3, 0.4) is 0 Å². The Balaban J connectivity index is 2.39. The predicted octanol–water partition coefficient (Wildman–Crippen LogP) is 3.34. The summed E-state index contributed by atoms with van der Waals surface area (Å²) in [7, 11) is 2.20. The molecule has 1 unspecified atom stereocenters. The zero-order valence-electron chi connectivity index (χ0n) is 12.2. The molecule has 2 rings (SSSR count). The van der Waals surface area contributed by atoms with E-state index in [1.807, 2.05) is 0 Å². The van der Waals surface area contributed by atoms with Gasteiger partial charge >= 0.3 is 0 Å². The molecule has 0 spiro atoms. The Kier molecular flexibility index (Phi) is 3.41. The fourth-order valence-electron chi connectivity index (χ4n) is 3.61. The molecule has 18 heavy (non-hydrogen) atoms. The van der Waals surface area contributed by atoms with Crippen molar-refractivity contribution in [1.29, 1.82) is 0 Å². The fraction of sp³-hybridized carbons (Fsp3) is 0.625. The van der Waals surface area contributed by atoms with E-state index in [1.165, 1.54) is 30.5 Å². The van der Waals surface area contributed by atoms with Gasteiger partial charge in [-0.25, -0.2) is 0 Å². The molecule has 2 heteroatoms. The number of nitrogens with two attached hydrogens (primary N) is 1. The van der Waals surface area contributed by atoms with Crippen LogP contribution in [0.15, 0.2) is 24.3 Å². The first-order valence-corrected chi connectivity index (χ1v) is 6.93. The molecule has 0 aliphatic heterocycles. The third-order valence-electron chi connectivity index (χ3n) is 5.02. The summed E-state index contributed by atoms with van der Waals surface area (Å²) >= 11 is 0. The molecule has 1 aromatic rings. The summed E-state index contributed by atoms with van der Waals surface area (Å²) in [5, 5.41) is 0. The van der Waals surface area contributed by atoms with Gasteiger partial charge in [0.25, 0.3) is 0 Å². The van der Waals surface area contributed by atoms with E-state index < -0.39 is 0 Å². The van der Waals surface area contributed by atoms with Crippen molar-refractivity contribution in [2.75, 3.05) is 18.5 Å². The highest BCUT2D eigenvalue weighted by atomic mass is 15.2. The van der Waals surface area contributed by atoms with Crippen LogP contribution in [0.2, 0.25) is 0 Å². The number of likely N-dealkylation sites (N-methyl/N-ethyl adjacent to an activating group) is 1. The lowest BCUT2D eigenvalue weighted by atomic mass is 9.73. The van der Waals surface area contributed by atoms with Crippen molar-refractivity contribution >= 4 is 5.69 Å². The zero-order valence-corrected chi connectivity index (χ0v) is 12.2. The first-order valence-electron chi connectivity index (χ1n) is 6.93. The quantitative estimate of drug-likeness (QED) is 0.886. The van der Waals surface area contributed by atoms with Gasteiger partial charge in [-0.2, -0.15) is 0 Å². The molecule has 1 fully saturated rings. The summed E-state index contributed by atoms with van der Waals surface area (Å²) in [5.74, 6) is 0. The lowest BCUT2D eigenvalue weighted by molar-refractivity contribution is 0.207. The van der Waals surface area contributed by atoms with Gasteiger partial charge in [-0.15, -0.1) is 0 Å². The summed E-state index contributed by atoms with van der Waals surface area (Å²) in [4.78, 5) is 2.42. The van der Waals surface area contributed by atoms with E-state index in [9.17, 15) is 0 Å². The van der Waals surface area contributed by atoms with Gasteiger partial charge in [0, 0.05) is 19.3 Å². The van der Waals surface area contributed by atoms with Gasteiger partial charge in [-0.3, -0.25) is 0 Å². The van der Waals surface area contributed by atoms with Gasteiger partial charge in [0.1, 0.15) is 0 Å². The Labute approximate surface area is 111 Å². The largest absolute Gasteiger partial charge is 0.367 e. The van der Waals surface area contributed by atoms with Crippen molar-refractivity contribution in [2.24, 2.45) is 11.1 Å². The highest BCUT2D eigenvalue weighted by molar-refractivity contribution is 5.51. The second-order valence-electron chi connectivity index (χ2n) is 6.37. The van der Waals surface area contributed by atoms with Gasteiger partial charge in [0.15, 0.2) is 0 Å². The molecule has 0 radical (unpaired) electrons. The Morgan fingerprint density at radius 1 is 1.28 bits per heavy atom. The molecule has 1 aliphatic rings. The lowest BCUT2D eigenvalue weighted by Gasteiger charge is -2.49. The van der Waals surface area contributed by atoms with Crippen LogP contribution in [-0.4, -0.2) is 19.1 Å². The minimum Gasteiger partial charge on any atom is -0.367 e. The Morgan fingerprint density at radius 3 is 2.50 bits per heavy atom. The molecule has 1 saturated carbocycles. The maximum absolute atomic E-state index is 6.18. The SMILES string of the molecule is Cc1cccc(N(C)C2(CN)CCCC2(C)C)c1. The number of hydrogen-bond donors (Lipinski definition) is 1. The number of aryl methyl sites for hydroxylation is 1. The van der Waals surface area contributed by atoms with Crippen LogP contribution < -0.4 is 10.6 Å². The second kappa shape index (κ2) is 4.58. The zero-order chi connectivity index (χ0) is 13.4. The van der Waals surface area contributed by atoms with E-state index in [0.717, 1.165) is 6.54 Å². The first kappa shape index (κ1) is 13.4. The van der Waals surface area contributed by atoms with E-state index >= 15 is 0 Å². The third kappa shape index (κ3) is 1.93. The summed E-state index contributed by atoms with van der Waals surface area (Å²) < 4.78 is 0. The van der Waals surface area contributed by atoms with Crippen LogP contribution in [0, 0.1) is 12.3 Å². The molecule has 0 amide bonds. The topological polar surface area (TPSA) is 29.3 Å². The van der Waals surface area contributed by atoms with Crippen molar-refractivity contribution in [3.8, 4) is 0 Å². The van der Waals surface area contributed by atoms with Gasteiger partial charge in [-0.05, 0) is 42.9 Å². The van der Waals surface area contributed by atoms with Crippen molar-refractivity contribution in [2.45, 2.75) is 45.6 Å². The van der Waals surface area contributed by atoms with Gasteiger partial charge in [-0.1, -0.05) is 32.4 Å². The second-order valence-corrected chi connectivity index (χ2v) is 6.37. The molecule has 1 aromatic carbocycles. The predicted molar refractivity (Wildman–Crippen MR) is 79.0 cm³/mol. The van der Waals surface area contributed by atoms with E-state index in [0.29, 0.717) is 0 Å². The molecule has 0 saturated heterocycles. The average Bonchev–Trinajstić information content (AvgIpc) is 2.64. The summed E-state index contributed by atoms with van der Waals surface area (Å²) in [6, 6.07) is 8.73. The van der Waals surface area contributed by atoms with Crippen molar-refractivity contribution in [3.05, 3.63) is 29.8 Å². The third-order valence-corrected chi connectivity index (χ3v) is 5.02. The number of rotatable bonds is 3. The van der Waals surface area contributed by atoms with E-state index in [2.05, 4.69) is 57.0 Å². The van der Waals surface area contributed by atoms with Crippen molar-refractivity contribution in [3.63, 3.8) is 0 Å². The number of benzene rings is 1. The van der Waals surface area contributed by atoms with Crippen molar-refractivity contribution < 1.29 is 0 Å². The molecule has 2 N–H and O–H groups in total. The van der Waals surface area contributed by atoms with E-state index in [1.54, 1.807) is 0 Å². The Bertz CT molecular complexity index is 425. The fourth-order valence-corrected chi connectivity index (χ4v) is 3.61. The average molecular weight is 246 g/mol. The molecular weight excluding hydrogens is 220 g/mol. The van der Waals surface area contributed by atoms with Crippen LogP contribution >= 0.6 is 0 Å². The molecule has 1 atom stereocenters. The number of nitrogens with zero attached hydrogens (tertiary/aromatic N) is 1. The van der Waals surface area contributed by atoms with E-state index in [-0.39, 0.29) is 11.0 Å². The molecular formula is C16H26N2. The Hall–Kier alpha value is -1.02. The lowest BCUT2D eigenvalue weighted by Crippen LogP contribution is -2.58. The minimum absolute atomic E-state index is 0.0980. The van der Waals surface area contributed by atoms with Crippen LogP contribution in [0.1, 0.15) is 38.7 Å². The summed E-state index contributed by atoms with van der Waals surface area (Å²) in [6.45, 7) is 7.59. The number of anilines is 1.